The van der Waals surface area contributed by atoms with E-state index in [0.29, 0.717) is 5.41 Å². The van der Waals surface area contributed by atoms with E-state index >= 15 is 0 Å². The molecule has 0 spiro atoms. The largest absolute Gasteiger partial charge is 0.377 e. The lowest BCUT2D eigenvalue weighted by molar-refractivity contribution is 0.349. The summed E-state index contributed by atoms with van der Waals surface area (Å²) in [6.07, 6.45) is 2.33. The van der Waals surface area contributed by atoms with E-state index in [0.717, 1.165) is 0 Å². The molecule has 1 heterocycles. The van der Waals surface area contributed by atoms with Crippen LogP contribution in [0.2, 0.25) is 0 Å². The maximum Gasteiger partial charge on any atom is 0.0258 e. The molecule has 0 unspecified atom stereocenters. The highest BCUT2D eigenvalue weighted by molar-refractivity contribution is 5.11. The van der Waals surface area contributed by atoms with Gasteiger partial charge < -0.3 is 4.90 Å². The van der Waals surface area contributed by atoms with Gasteiger partial charge in [0.25, 0.3) is 0 Å². The fourth-order valence-electron chi connectivity index (χ4n) is 1.46. The molecule has 0 atom stereocenters. The Morgan fingerprint density at radius 3 is 2.22 bits per heavy atom. The van der Waals surface area contributed by atoms with Crippen molar-refractivity contribution in [2.75, 3.05) is 13.6 Å². The number of hydrogen-bond acceptors (Lipinski definition) is 1. The quantitative estimate of drug-likeness (QED) is 0.477. The summed E-state index contributed by atoms with van der Waals surface area (Å²) in [7, 11) is 2.14. The smallest absolute Gasteiger partial charge is 0.0258 e. The first-order valence-electron chi connectivity index (χ1n) is 3.42. The molecule has 1 rings (SSSR count). The number of hydrogen-bond donors (Lipinski definition) is 0. The molecule has 0 N–H and O–H groups in total. The summed E-state index contributed by atoms with van der Waals surface area (Å²) in [5.74, 6) is 0. The van der Waals surface area contributed by atoms with Crippen LogP contribution in [-0.2, 0) is 0 Å². The third-order valence-corrected chi connectivity index (χ3v) is 1.85. The standard InChI is InChI=1S/C8H15N/c1-7-5-8(2,3)6-9(7)4/h5H,6H2,1-4H3. The van der Waals surface area contributed by atoms with Gasteiger partial charge in [0.05, 0.1) is 0 Å². The van der Waals surface area contributed by atoms with Crippen LogP contribution in [0.25, 0.3) is 0 Å². The molecule has 0 saturated heterocycles. The van der Waals surface area contributed by atoms with Crippen LogP contribution in [0, 0.1) is 5.41 Å². The fourth-order valence-corrected chi connectivity index (χ4v) is 1.46. The minimum atomic E-state index is 0.402. The Morgan fingerprint density at radius 2 is 2.11 bits per heavy atom. The van der Waals surface area contributed by atoms with Crippen molar-refractivity contribution in [2.24, 2.45) is 5.41 Å². The molecule has 1 aliphatic rings. The zero-order chi connectivity index (χ0) is 7.07. The first-order chi connectivity index (χ1) is 4.01. The summed E-state index contributed by atoms with van der Waals surface area (Å²) in [5, 5.41) is 0. The van der Waals surface area contributed by atoms with Crippen LogP contribution < -0.4 is 0 Å². The van der Waals surface area contributed by atoms with Crippen molar-refractivity contribution >= 4 is 0 Å². The van der Waals surface area contributed by atoms with Crippen LogP contribution in [-0.4, -0.2) is 18.5 Å². The van der Waals surface area contributed by atoms with Gasteiger partial charge >= 0.3 is 0 Å². The topological polar surface area (TPSA) is 3.24 Å². The van der Waals surface area contributed by atoms with Gasteiger partial charge in [-0.3, -0.25) is 0 Å². The van der Waals surface area contributed by atoms with Gasteiger partial charge in [-0.15, -0.1) is 0 Å². The lowest BCUT2D eigenvalue weighted by Crippen LogP contribution is -2.20. The summed E-state index contributed by atoms with van der Waals surface area (Å²) in [6, 6.07) is 0. The Hall–Kier alpha value is -0.460. The van der Waals surface area contributed by atoms with Gasteiger partial charge in [-0.25, -0.2) is 0 Å². The van der Waals surface area contributed by atoms with Crippen molar-refractivity contribution in [1.82, 2.24) is 4.90 Å². The molecule has 0 amide bonds. The molecule has 0 bridgehead atoms. The molecule has 9 heavy (non-hydrogen) atoms. The summed E-state index contributed by atoms with van der Waals surface area (Å²) in [6.45, 7) is 7.85. The number of nitrogens with zero attached hydrogens (tertiary/aromatic N) is 1. The third-order valence-electron chi connectivity index (χ3n) is 1.85. The second-order valence-corrected chi connectivity index (χ2v) is 3.63. The monoisotopic (exact) mass is 125 g/mol. The highest BCUT2D eigenvalue weighted by Crippen LogP contribution is 2.28. The van der Waals surface area contributed by atoms with Crippen LogP contribution in [0.5, 0.6) is 0 Å². The molecule has 1 heteroatoms. The molecule has 0 aromatic carbocycles. The van der Waals surface area contributed by atoms with Crippen molar-refractivity contribution in [3.05, 3.63) is 11.8 Å². The molecular formula is C8H15N. The molecule has 0 saturated carbocycles. The molecule has 0 aromatic rings. The maximum absolute atomic E-state index is 2.33. The first-order valence-corrected chi connectivity index (χ1v) is 3.42. The van der Waals surface area contributed by atoms with Gasteiger partial charge in [-0.05, 0) is 6.92 Å². The van der Waals surface area contributed by atoms with Crippen LogP contribution in [0.4, 0.5) is 0 Å². The average Bonchev–Trinajstić information content (AvgIpc) is 1.79. The van der Waals surface area contributed by atoms with E-state index in [1.165, 1.54) is 12.2 Å². The highest BCUT2D eigenvalue weighted by atomic mass is 15.1. The number of allylic oxidation sites excluding steroid dienone is 1. The third kappa shape index (κ3) is 1.26. The van der Waals surface area contributed by atoms with E-state index in [2.05, 4.69) is 38.8 Å². The van der Waals surface area contributed by atoms with E-state index in [4.69, 9.17) is 0 Å². The van der Waals surface area contributed by atoms with Gasteiger partial charge in [0, 0.05) is 24.7 Å². The van der Waals surface area contributed by atoms with Crippen molar-refractivity contribution in [2.45, 2.75) is 20.8 Å². The summed E-state index contributed by atoms with van der Waals surface area (Å²) >= 11 is 0. The lowest BCUT2D eigenvalue weighted by atomic mass is 9.96. The Bertz CT molecular complexity index is 145. The van der Waals surface area contributed by atoms with Gasteiger partial charge in [0.2, 0.25) is 0 Å². The SMILES string of the molecule is CC1=CC(C)(C)CN1C. The van der Waals surface area contributed by atoms with Gasteiger partial charge in [0.1, 0.15) is 0 Å². The summed E-state index contributed by atoms with van der Waals surface area (Å²) in [4.78, 5) is 2.29. The Balaban J connectivity index is 2.74. The zero-order valence-corrected chi connectivity index (χ0v) is 6.73. The number of rotatable bonds is 0. The molecule has 52 valence electrons. The summed E-state index contributed by atoms with van der Waals surface area (Å²) < 4.78 is 0. The Kier molecular flexibility index (Phi) is 1.30. The highest BCUT2D eigenvalue weighted by Gasteiger charge is 2.23. The van der Waals surface area contributed by atoms with E-state index in [9.17, 15) is 0 Å². The van der Waals surface area contributed by atoms with Crippen molar-refractivity contribution in [3.8, 4) is 0 Å². The van der Waals surface area contributed by atoms with Gasteiger partial charge in [0.15, 0.2) is 0 Å². The van der Waals surface area contributed by atoms with Crippen molar-refractivity contribution in [3.63, 3.8) is 0 Å². The Morgan fingerprint density at radius 1 is 1.56 bits per heavy atom. The average molecular weight is 125 g/mol. The predicted molar refractivity (Wildman–Crippen MR) is 40.2 cm³/mol. The van der Waals surface area contributed by atoms with E-state index < -0.39 is 0 Å². The Labute approximate surface area is 57.4 Å². The molecule has 0 aliphatic carbocycles. The fraction of sp³-hybridized carbons (Fsp3) is 0.750. The molecule has 0 fully saturated rings. The minimum absolute atomic E-state index is 0.402. The minimum Gasteiger partial charge on any atom is -0.377 e. The van der Waals surface area contributed by atoms with Crippen molar-refractivity contribution < 1.29 is 0 Å². The predicted octanol–water partition coefficient (Wildman–Crippen LogP) is 1.86. The van der Waals surface area contributed by atoms with Crippen LogP contribution in [0.15, 0.2) is 11.8 Å². The van der Waals surface area contributed by atoms with Gasteiger partial charge in [-0.1, -0.05) is 19.9 Å². The van der Waals surface area contributed by atoms with Crippen LogP contribution >= 0.6 is 0 Å². The van der Waals surface area contributed by atoms with E-state index in [1.54, 1.807) is 0 Å². The zero-order valence-electron chi connectivity index (χ0n) is 6.73. The lowest BCUT2D eigenvalue weighted by Gasteiger charge is -2.18. The second-order valence-electron chi connectivity index (χ2n) is 3.63. The van der Waals surface area contributed by atoms with Gasteiger partial charge in [-0.2, -0.15) is 0 Å². The van der Waals surface area contributed by atoms with E-state index in [1.807, 2.05) is 0 Å². The summed E-state index contributed by atoms with van der Waals surface area (Å²) in [5.41, 5.74) is 1.80. The first kappa shape index (κ1) is 6.66. The molecule has 1 nitrogen and oxygen atoms in total. The molecule has 0 radical (unpaired) electrons. The van der Waals surface area contributed by atoms with E-state index in [-0.39, 0.29) is 0 Å². The van der Waals surface area contributed by atoms with Crippen LogP contribution in [0.1, 0.15) is 20.8 Å². The molecule has 1 aliphatic heterocycles. The normalized spacial score (nSPS) is 24.4. The second kappa shape index (κ2) is 1.76. The van der Waals surface area contributed by atoms with Crippen molar-refractivity contribution in [1.29, 1.82) is 0 Å². The maximum atomic E-state index is 2.33. The van der Waals surface area contributed by atoms with Crippen LogP contribution in [0.3, 0.4) is 0 Å². The molecular weight excluding hydrogens is 110 g/mol. The molecule has 0 aromatic heterocycles.